The minimum absolute atomic E-state index is 0.0348. The first-order valence-electron chi connectivity index (χ1n) is 9.15. The van der Waals surface area contributed by atoms with Gasteiger partial charge in [0.1, 0.15) is 11.5 Å². The third kappa shape index (κ3) is 3.46. The number of hydrogen-bond acceptors (Lipinski definition) is 4. The van der Waals surface area contributed by atoms with E-state index < -0.39 is 6.04 Å². The highest BCUT2D eigenvalue weighted by Gasteiger charge is 2.43. The van der Waals surface area contributed by atoms with Crippen LogP contribution in [-0.2, 0) is 4.79 Å². The van der Waals surface area contributed by atoms with E-state index in [4.69, 9.17) is 9.47 Å². The molecule has 0 spiro atoms. The molecule has 0 saturated heterocycles. The van der Waals surface area contributed by atoms with Crippen LogP contribution >= 0.6 is 0 Å². The Balaban J connectivity index is 2.02. The highest BCUT2D eigenvalue weighted by atomic mass is 16.5. The monoisotopic (exact) mass is 373 g/mol. The van der Waals surface area contributed by atoms with Crippen molar-refractivity contribution in [3.05, 3.63) is 35.0 Å². The fourth-order valence-electron chi connectivity index (χ4n) is 3.52. The normalized spacial score (nSPS) is 19.6. The molecule has 1 atom stereocenters. The van der Waals surface area contributed by atoms with Crippen molar-refractivity contribution in [3.8, 4) is 11.5 Å². The average molecular weight is 373 g/mol. The third-order valence-electron chi connectivity index (χ3n) is 5.16. The van der Waals surface area contributed by atoms with Gasteiger partial charge in [-0.2, -0.15) is 0 Å². The summed E-state index contributed by atoms with van der Waals surface area (Å²) in [6.07, 6.45) is 0.921. The molecule has 0 bridgehead atoms. The molecule has 0 aliphatic carbocycles. The van der Waals surface area contributed by atoms with Crippen molar-refractivity contribution < 1.29 is 19.1 Å². The summed E-state index contributed by atoms with van der Waals surface area (Å²) >= 11 is 0. The maximum Gasteiger partial charge on any atom is 0.322 e. The first kappa shape index (κ1) is 19.1. The van der Waals surface area contributed by atoms with Crippen LogP contribution < -0.4 is 14.8 Å². The number of methoxy groups -OCH3 is 2. The molecule has 2 aliphatic rings. The molecular weight excluding hydrogens is 346 g/mol. The van der Waals surface area contributed by atoms with E-state index in [0.29, 0.717) is 41.6 Å². The highest BCUT2D eigenvalue weighted by Crippen LogP contribution is 2.40. The van der Waals surface area contributed by atoms with Crippen LogP contribution in [0.15, 0.2) is 29.5 Å². The summed E-state index contributed by atoms with van der Waals surface area (Å²) in [5, 5.41) is 2.94. The molecule has 2 aliphatic heterocycles. The van der Waals surface area contributed by atoms with Gasteiger partial charge >= 0.3 is 6.03 Å². The molecule has 27 heavy (non-hydrogen) atoms. The maximum absolute atomic E-state index is 13.2. The number of rotatable bonds is 6. The summed E-state index contributed by atoms with van der Waals surface area (Å²) in [5.41, 5.74) is 2.07. The van der Waals surface area contributed by atoms with Gasteiger partial charge in [-0.05, 0) is 30.5 Å². The number of urea groups is 1. The molecule has 0 fully saturated rings. The lowest BCUT2D eigenvalue weighted by Gasteiger charge is -2.31. The second-order valence-corrected chi connectivity index (χ2v) is 7.32. The predicted molar refractivity (Wildman–Crippen MR) is 102 cm³/mol. The third-order valence-corrected chi connectivity index (χ3v) is 5.16. The Morgan fingerprint density at radius 1 is 1.22 bits per heavy atom. The van der Waals surface area contributed by atoms with Gasteiger partial charge in [-0.3, -0.25) is 9.69 Å². The van der Waals surface area contributed by atoms with Crippen LogP contribution in [0.1, 0.15) is 31.9 Å². The van der Waals surface area contributed by atoms with Gasteiger partial charge in [-0.25, -0.2) is 4.79 Å². The van der Waals surface area contributed by atoms with E-state index >= 15 is 0 Å². The Morgan fingerprint density at radius 3 is 2.59 bits per heavy atom. The minimum Gasteiger partial charge on any atom is -0.497 e. The van der Waals surface area contributed by atoms with Crippen molar-refractivity contribution in [2.45, 2.75) is 26.3 Å². The van der Waals surface area contributed by atoms with E-state index in [2.05, 4.69) is 19.2 Å². The summed E-state index contributed by atoms with van der Waals surface area (Å²) < 4.78 is 10.8. The molecule has 1 unspecified atom stereocenters. The summed E-state index contributed by atoms with van der Waals surface area (Å²) in [7, 11) is 4.85. The lowest BCUT2D eigenvalue weighted by Crippen LogP contribution is -2.45. The molecule has 3 amide bonds. The first-order valence-corrected chi connectivity index (χ1v) is 9.15. The molecule has 1 aromatic carbocycles. The SMILES string of the molecule is COc1ccc(OC)c(C2NC(=O)N(C)C3=C2C(=O)N(CCC(C)C)C3)c1. The number of ether oxygens (including phenoxy) is 2. The van der Waals surface area contributed by atoms with Crippen molar-refractivity contribution in [3.63, 3.8) is 0 Å². The molecule has 0 radical (unpaired) electrons. The van der Waals surface area contributed by atoms with Crippen molar-refractivity contribution in [2.24, 2.45) is 5.92 Å². The Bertz CT molecular complexity index is 787. The van der Waals surface area contributed by atoms with Gasteiger partial charge in [0.2, 0.25) is 0 Å². The summed E-state index contributed by atoms with van der Waals surface area (Å²) in [4.78, 5) is 29.0. The molecule has 1 aromatic rings. The van der Waals surface area contributed by atoms with Gasteiger partial charge < -0.3 is 19.7 Å². The van der Waals surface area contributed by atoms with E-state index in [1.165, 1.54) is 4.90 Å². The highest BCUT2D eigenvalue weighted by molar-refractivity contribution is 6.01. The quantitative estimate of drug-likeness (QED) is 0.832. The number of likely N-dealkylation sites (N-methyl/N-ethyl adjacent to an activating group) is 1. The van der Waals surface area contributed by atoms with Gasteiger partial charge in [0, 0.05) is 19.2 Å². The number of carbonyl (C=O) groups excluding carboxylic acids is 2. The largest absolute Gasteiger partial charge is 0.497 e. The molecule has 0 saturated carbocycles. The molecule has 0 aromatic heterocycles. The van der Waals surface area contributed by atoms with Crippen LogP contribution in [0.25, 0.3) is 0 Å². The number of hydrogen-bond donors (Lipinski definition) is 1. The number of benzene rings is 1. The van der Waals surface area contributed by atoms with Gasteiger partial charge in [0.15, 0.2) is 0 Å². The van der Waals surface area contributed by atoms with E-state index in [9.17, 15) is 9.59 Å². The zero-order valence-corrected chi connectivity index (χ0v) is 16.5. The summed E-state index contributed by atoms with van der Waals surface area (Å²) in [6.45, 7) is 5.39. The Morgan fingerprint density at radius 2 is 1.96 bits per heavy atom. The molecular formula is C20H27N3O4. The van der Waals surface area contributed by atoms with Crippen LogP contribution in [0.5, 0.6) is 11.5 Å². The van der Waals surface area contributed by atoms with E-state index in [-0.39, 0.29) is 11.9 Å². The van der Waals surface area contributed by atoms with Crippen molar-refractivity contribution in [1.29, 1.82) is 0 Å². The standard InChI is InChI=1S/C20H27N3O4/c1-12(2)8-9-23-11-15-17(19(23)24)18(21-20(25)22(15)3)14-10-13(26-4)6-7-16(14)27-5/h6-7,10,12,18H,8-9,11H2,1-5H3,(H,21,25). The zero-order chi connectivity index (χ0) is 19.7. The lowest BCUT2D eigenvalue weighted by molar-refractivity contribution is -0.125. The minimum atomic E-state index is -0.565. The fraction of sp³-hybridized carbons (Fsp3) is 0.500. The molecule has 2 heterocycles. The van der Waals surface area contributed by atoms with Gasteiger partial charge in [0.05, 0.1) is 38.1 Å². The van der Waals surface area contributed by atoms with E-state index in [0.717, 1.165) is 12.1 Å². The van der Waals surface area contributed by atoms with Crippen molar-refractivity contribution in [2.75, 3.05) is 34.4 Å². The van der Waals surface area contributed by atoms with Crippen molar-refractivity contribution in [1.82, 2.24) is 15.1 Å². The average Bonchev–Trinajstić information content (AvgIpc) is 2.99. The van der Waals surface area contributed by atoms with E-state index in [1.807, 2.05) is 11.0 Å². The van der Waals surface area contributed by atoms with Gasteiger partial charge in [0.25, 0.3) is 5.91 Å². The molecule has 7 nitrogen and oxygen atoms in total. The van der Waals surface area contributed by atoms with Crippen LogP contribution in [0, 0.1) is 5.92 Å². The molecule has 7 heteroatoms. The second kappa shape index (κ2) is 7.50. The maximum atomic E-state index is 13.2. The van der Waals surface area contributed by atoms with Crippen LogP contribution in [-0.4, -0.2) is 56.1 Å². The Kier molecular flexibility index (Phi) is 5.30. The summed E-state index contributed by atoms with van der Waals surface area (Å²) in [6, 6.07) is 4.59. The van der Waals surface area contributed by atoms with E-state index in [1.54, 1.807) is 33.4 Å². The summed E-state index contributed by atoms with van der Waals surface area (Å²) in [5.74, 6) is 1.71. The number of amides is 3. The Labute approximate surface area is 159 Å². The Hall–Kier alpha value is -2.70. The molecule has 3 rings (SSSR count). The number of nitrogens with one attached hydrogen (secondary N) is 1. The predicted octanol–water partition coefficient (Wildman–Crippen LogP) is 2.54. The van der Waals surface area contributed by atoms with Gasteiger partial charge in [-0.15, -0.1) is 0 Å². The van der Waals surface area contributed by atoms with Crippen LogP contribution in [0.4, 0.5) is 4.79 Å². The molecule has 1 N–H and O–H groups in total. The molecule has 146 valence electrons. The second-order valence-electron chi connectivity index (χ2n) is 7.32. The topological polar surface area (TPSA) is 71.1 Å². The fourth-order valence-corrected chi connectivity index (χ4v) is 3.52. The first-order chi connectivity index (χ1) is 12.9. The van der Waals surface area contributed by atoms with Crippen LogP contribution in [0.3, 0.4) is 0 Å². The van der Waals surface area contributed by atoms with Gasteiger partial charge in [-0.1, -0.05) is 13.8 Å². The number of nitrogens with zero attached hydrogens (tertiary/aromatic N) is 2. The van der Waals surface area contributed by atoms with Crippen LogP contribution in [0.2, 0.25) is 0 Å². The smallest absolute Gasteiger partial charge is 0.322 e. The van der Waals surface area contributed by atoms with Crippen molar-refractivity contribution >= 4 is 11.9 Å². The number of carbonyl (C=O) groups is 2. The lowest BCUT2D eigenvalue weighted by atomic mass is 9.94. The zero-order valence-electron chi connectivity index (χ0n) is 16.5.